The van der Waals surface area contributed by atoms with Gasteiger partial charge in [0.25, 0.3) is 0 Å². The Balaban J connectivity index is 1.65. The third-order valence-electron chi connectivity index (χ3n) is 6.17. The highest BCUT2D eigenvalue weighted by Gasteiger charge is 2.21. The van der Waals surface area contributed by atoms with Crippen molar-refractivity contribution in [1.82, 2.24) is 9.69 Å². The molecule has 3 rings (SSSR count). The number of amides is 3. The summed E-state index contributed by atoms with van der Waals surface area (Å²) in [5, 5.41) is 17.9. The lowest BCUT2D eigenvalue weighted by Crippen LogP contribution is -2.30. The average molecular weight is 553 g/mol. The first kappa shape index (κ1) is 29.6. The number of urea groups is 1. The molecule has 1 aromatic heterocycles. The number of carboxylic acid groups (broad SMARTS) is 1. The number of hydrogen-bond donors (Lipinski definition) is 4. The predicted octanol–water partition coefficient (Wildman–Crippen LogP) is 5.81. The van der Waals surface area contributed by atoms with Crippen LogP contribution >= 0.6 is 11.5 Å². The fourth-order valence-corrected chi connectivity index (χ4v) is 4.90. The summed E-state index contributed by atoms with van der Waals surface area (Å²) in [4.78, 5) is 37.7. The van der Waals surface area contributed by atoms with Gasteiger partial charge >= 0.3 is 12.0 Å². The van der Waals surface area contributed by atoms with E-state index in [2.05, 4.69) is 34.2 Å². The molecule has 2 atom stereocenters. The van der Waals surface area contributed by atoms with E-state index in [0.717, 1.165) is 22.4 Å². The monoisotopic (exact) mass is 552 g/mol. The summed E-state index contributed by atoms with van der Waals surface area (Å²) >= 11 is 1.29. The normalized spacial score (nSPS) is 12.5. The molecule has 0 saturated carbocycles. The molecule has 10 heteroatoms. The summed E-state index contributed by atoms with van der Waals surface area (Å²) < 4.78 is 9.89. The van der Waals surface area contributed by atoms with E-state index in [1.165, 1.54) is 18.6 Å². The van der Waals surface area contributed by atoms with Crippen LogP contribution in [0.2, 0.25) is 0 Å². The molecular formula is C29H36N4O5S. The highest BCUT2D eigenvalue weighted by molar-refractivity contribution is 7.05. The molecule has 3 aromatic rings. The van der Waals surface area contributed by atoms with Crippen molar-refractivity contribution in [3.63, 3.8) is 0 Å². The van der Waals surface area contributed by atoms with Crippen molar-refractivity contribution in [2.75, 3.05) is 17.7 Å². The molecule has 208 valence electrons. The fourth-order valence-electron chi connectivity index (χ4n) is 4.08. The minimum absolute atomic E-state index is 0.127. The highest BCUT2D eigenvalue weighted by atomic mass is 32.1. The first-order valence-electron chi connectivity index (χ1n) is 12.8. The number of benzene rings is 2. The number of rotatable bonds is 12. The maximum atomic E-state index is 13.0. The molecule has 0 aliphatic rings. The largest absolute Gasteiger partial charge is 0.495 e. The smallest absolute Gasteiger partial charge is 0.323 e. The summed E-state index contributed by atoms with van der Waals surface area (Å²) in [6, 6.07) is 14.0. The van der Waals surface area contributed by atoms with E-state index in [1.54, 1.807) is 25.1 Å². The van der Waals surface area contributed by atoms with Crippen LogP contribution in [0.3, 0.4) is 0 Å². The number of aromatic nitrogens is 1. The third-order valence-corrected chi connectivity index (χ3v) is 7.11. The summed E-state index contributed by atoms with van der Waals surface area (Å²) in [6.07, 6.45) is 1.20. The Kier molecular flexibility index (Phi) is 10.4. The number of para-hydroxylation sites is 1. The van der Waals surface area contributed by atoms with Crippen LogP contribution < -0.4 is 20.7 Å². The molecule has 0 aliphatic carbocycles. The lowest BCUT2D eigenvalue weighted by Gasteiger charge is -2.19. The molecule has 0 spiro atoms. The number of carbonyl (C=O) groups is 3. The molecule has 0 bridgehead atoms. The van der Waals surface area contributed by atoms with Crippen molar-refractivity contribution < 1.29 is 24.2 Å². The Bertz CT molecular complexity index is 1310. The number of carboxylic acids is 1. The van der Waals surface area contributed by atoms with Crippen LogP contribution in [0, 0.1) is 18.8 Å². The Morgan fingerprint density at radius 1 is 1.03 bits per heavy atom. The van der Waals surface area contributed by atoms with Gasteiger partial charge in [-0.1, -0.05) is 45.0 Å². The van der Waals surface area contributed by atoms with Gasteiger partial charge in [0.1, 0.15) is 5.75 Å². The molecule has 0 fully saturated rings. The second-order valence-electron chi connectivity index (χ2n) is 10.0. The van der Waals surface area contributed by atoms with Gasteiger partial charge < -0.3 is 25.8 Å². The zero-order chi connectivity index (χ0) is 28.5. The van der Waals surface area contributed by atoms with E-state index in [9.17, 15) is 19.5 Å². The predicted molar refractivity (Wildman–Crippen MR) is 153 cm³/mol. The second-order valence-corrected chi connectivity index (χ2v) is 10.9. The van der Waals surface area contributed by atoms with Gasteiger partial charge in [-0.3, -0.25) is 9.59 Å². The molecule has 39 heavy (non-hydrogen) atoms. The maximum absolute atomic E-state index is 13.0. The third kappa shape index (κ3) is 8.81. The van der Waals surface area contributed by atoms with Crippen LogP contribution in [0.1, 0.15) is 54.9 Å². The van der Waals surface area contributed by atoms with Gasteiger partial charge in [0.2, 0.25) is 5.91 Å². The van der Waals surface area contributed by atoms with E-state index in [-0.39, 0.29) is 18.4 Å². The van der Waals surface area contributed by atoms with Crippen LogP contribution in [0.5, 0.6) is 5.75 Å². The number of methoxy groups -OCH3 is 1. The lowest BCUT2D eigenvalue weighted by atomic mass is 10.0. The molecule has 3 amide bonds. The SMILES string of the molecule is COc1cc(CC(=O)NC(CC(C)C)c2cc(CC(C)C(=O)O)ns2)ccc1NC(=O)Nc1ccccc1C. The van der Waals surface area contributed by atoms with Crippen LogP contribution in [0.25, 0.3) is 0 Å². The molecule has 0 radical (unpaired) electrons. The maximum Gasteiger partial charge on any atom is 0.323 e. The average Bonchev–Trinajstić information content (AvgIpc) is 3.34. The zero-order valence-electron chi connectivity index (χ0n) is 22.9. The van der Waals surface area contributed by atoms with Gasteiger partial charge in [-0.15, -0.1) is 0 Å². The van der Waals surface area contributed by atoms with Crippen molar-refractivity contribution in [3.05, 3.63) is 70.2 Å². The minimum atomic E-state index is -0.861. The molecule has 0 saturated heterocycles. The van der Waals surface area contributed by atoms with E-state index in [4.69, 9.17) is 4.74 Å². The van der Waals surface area contributed by atoms with Crippen LogP contribution in [-0.2, 0) is 22.4 Å². The van der Waals surface area contributed by atoms with Gasteiger partial charge in [0, 0.05) is 17.0 Å². The number of aliphatic carboxylic acids is 1. The number of ether oxygens (including phenoxy) is 1. The van der Waals surface area contributed by atoms with Gasteiger partial charge in [-0.25, -0.2) is 4.79 Å². The molecule has 4 N–H and O–H groups in total. The number of aryl methyl sites for hydroxylation is 1. The summed E-state index contributed by atoms with van der Waals surface area (Å²) in [5.41, 5.74) is 3.59. The number of nitrogens with zero attached hydrogens (tertiary/aromatic N) is 1. The summed E-state index contributed by atoms with van der Waals surface area (Å²) in [5.74, 6) is -0.776. The summed E-state index contributed by atoms with van der Waals surface area (Å²) in [6.45, 7) is 7.73. The molecular weight excluding hydrogens is 516 g/mol. The molecule has 2 unspecified atom stereocenters. The molecule has 0 aliphatic heterocycles. The number of hydrogen-bond acceptors (Lipinski definition) is 6. The van der Waals surface area contributed by atoms with Crippen molar-refractivity contribution in [2.45, 2.75) is 53.0 Å². The Morgan fingerprint density at radius 3 is 2.41 bits per heavy atom. The molecule has 9 nitrogen and oxygen atoms in total. The first-order chi connectivity index (χ1) is 18.5. The van der Waals surface area contributed by atoms with Crippen LogP contribution in [0.15, 0.2) is 48.5 Å². The Morgan fingerprint density at radius 2 is 1.74 bits per heavy atom. The minimum Gasteiger partial charge on any atom is -0.495 e. The van der Waals surface area contributed by atoms with Crippen molar-refractivity contribution in [2.24, 2.45) is 11.8 Å². The van der Waals surface area contributed by atoms with E-state index < -0.39 is 17.9 Å². The van der Waals surface area contributed by atoms with E-state index >= 15 is 0 Å². The van der Waals surface area contributed by atoms with E-state index in [1.807, 2.05) is 37.3 Å². The lowest BCUT2D eigenvalue weighted by molar-refractivity contribution is -0.141. The Hall–Kier alpha value is -3.92. The van der Waals surface area contributed by atoms with Gasteiger partial charge in [-0.2, -0.15) is 4.37 Å². The van der Waals surface area contributed by atoms with Crippen molar-refractivity contribution in [3.8, 4) is 5.75 Å². The zero-order valence-corrected chi connectivity index (χ0v) is 23.7. The highest BCUT2D eigenvalue weighted by Crippen LogP contribution is 2.28. The molecule has 1 heterocycles. The number of carbonyl (C=O) groups excluding carboxylic acids is 2. The summed E-state index contributed by atoms with van der Waals surface area (Å²) in [7, 11) is 1.51. The molecule has 2 aromatic carbocycles. The van der Waals surface area contributed by atoms with Crippen molar-refractivity contribution >= 4 is 40.8 Å². The van der Waals surface area contributed by atoms with Gasteiger partial charge in [0.15, 0.2) is 0 Å². The van der Waals surface area contributed by atoms with Gasteiger partial charge in [0.05, 0.1) is 36.9 Å². The Labute approximate surface area is 233 Å². The van der Waals surface area contributed by atoms with Crippen LogP contribution in [-0.4, -0.2) is 34.5 Å². The van der Waals surface area contributed by atoms with E-state index in [0.29, 0.717) is 35.2 Å². The first-order valence-corrected chi connectivity index (χ1v) is 13.6. The second kappa shape index (κ2) is 13.7. The number of nitrogens with one attached hydrogen (secondary N) is 3. The van der Waals surface area contributed by atoms with Crippen LogP contribution in [0.4, 0.5) is 16.2 Å². The fraction of sp³-hybridized carbons (Fsp3) is 0.379. The van der Waals surface area contributed by atoms with Crippen molar-refractivity contribution in [1.29, 1.82) is 0 Å². The number of anilines is 2. The quantitative estimate of drug-likeness (QED) is 0.224. The standard InChI is InChI=1S/C29H36N4O5S/c1-17(2)12-24(26-16-21(33-39-26)13-19(4)28(35)36)30-27(34)15-20-10-11-23(25(14-20)38-5)32-29(37)31-22-9-7-6-8-18(22)3/h6-11,14,16-17,19,24H,12-13,15H2,1-5H3,(H,30,34)(H,35,36)(H2,31,32,37). The topological polar surface area (TPSA) is 130 Å². The van der Waals surface area contributed by atoms with Gasteiger partial charge in [-0.05, 0) is 66.2 Å².